The minimum Gasteiger partial charge on any atom is -0.493 e. The topological polar surface area (TPSA) is 110 Å². The molecule has 0 bridgehead atoms. The number of ether oxygens (including phenoxy) is 2. The molecule has 0 saturated heterocycles. The van der Waals surface area contributed by atoms with Gasteiger partial charge in [0.2, 0.25) is 0 Å². The molecule has 0 fully saturated rings. The number of aliphatic carboxylic acids is 1. The molecule has 0 aliphatic heterocycles. The van der Waals surface area contributed by atoms with Crippen molar-refractivity contribution >= 4 is 29.7 Å². The predicted molar refractivity (Wildman–Crippen MR) is 90.4 cm³/mol. The minimum absolute atomic E-state index is 0.115. The van der Waals surface area contributed by atoms with Gasteiger partial charge in [0.25, 0.3) is 5.91 Å². The highest BCUT2D eigenvalue weighted by Gasteiger charge is 2.13. The van der Waals surface area contributed by atoms with Crippen molar-refractivity contribution in [2.24, 2.45) is 5.10 Å². The summed E-state index contributed by atoms with van der Waals surface area (Å²) in [6, 6.07) is 6.16. The summed E-state index contributed by atoms with van der Waals surface area (Å²) in [5, 5.41) is 12.7. The molecular weight excluding hydrogens is 350 g/mol. The minimum atomic E-state index is -1.14. The fraction of sp³-hybridized carbons (Fsp3) is 0.125. The zero-order valence-corrected chi connectivity index (χ0v) is 13.9. The molecule has 2 N–H and O–H groups in total. The number of carboxylic acid groups (broad SMARTS) is 1. The monoisotopic (exact) mass is 363 g/mol. The third-order valence-electron chi connectivity index (χ3n) is 2.91. The van der Waals surface area contributed by atoms with Crippen LogP contribution in [0.15, 0.2) is 41.8 Å². The highest BCUT2D eigenvalue weighted by molar-refractivity contribution is 6.32. The Hall–Kier alpha value is -3.13. The average Bonchev–Trinajstić information content (AvgIpc) is 2.60. The van der Waals surface area contributed by atoms with E-state index >= 15 is 0 Å². The van der Waals surface area contributed by atoms with Gasteiger partial charge in [-0.1, -0.05) is 11.6 Å². The Kier molecular flexibility index (Phi) is 6.30. The van der Waals surface area contributed by atoms with Crippen molar-refractivity contribution in [3.63, 3.8) is 0 Å². The van der Waals surface area contributed by atoms with E-state index in [1.54, 1.807) is 18.2 Å². The largest absolute Gasteiger partial charge is 0.493 e. The van der Waals surface area contributed by atoms with Crippen LogP contribution in [0.4, 0.5) is 0 Å². The Bertz CT molecular complexity index is 796. The molecule has 0 spiro atoms. The predicted octanol–water partition coefficient (Wildman–Crippen LogP) is 1.97. The number of nitrogens with zero attached hydrogens (tertiary/aromatic N) is 2. The highest BCUT2D eigenvalue weighted by atomic mass is 35.5. The van der Waals surface area contributed by atoms with Crippen molar-refractivity contribution in [1.82, 2.24) is 10.4 Å². The third kappa shape index (κ3) is 5.18. The number of benzene rings is 1. The lowest BCUT2D eigenvalue weighted by molar-refractivity contribution is -0.139. The molecule has 2 aromatic rings. The normalized spacial score (nSPS) is 10.5. The van der Waals surface area contributed by atoms with Crippen molar-refractivity contribution in [3.05, 3.63) is 52.8 Å². The Balaban J connectivity index is 2.10. The molecule has 0 radical (unpaired) electrons. The average molecular weight is 364 g/mol. The molecule has 25 heavy (non-hydrogen) atoms. The number of pyridine rings is 1. The molecule has 9 heteroatoms. The Morgan fingerprint density at radius 2 is 2.08 bits per heavy atom. The summed E-state index contributed by atoms with van der Waals surface area (Å²) in [5.74, 6) is -1.17. The zero-order chi connectivity index (χ0) is 18.2. The van der Waals surface area contributed by atoms with Crippen LogP contribution in [0.25, 0.3) is 0 Å². The molecule has 1 aromatic carbocycles. The number of amides is 1. The van der Waals surface area contributed by atoms with Crippen LogP contribution in [0.2, 0.25) is 5.02 Å². The number of halogens is 1. The standard InChI is InChI=1S/C16H14ClN3O5/c1-24-13-7-10(6-12(17)15(13)25-9-14(21)22)8-19-20-16(23)11-2-4-18-5-3-11/h2-8H,9H2,1H3,(H,20,23)(H,21,22)/b19-8+. The van der Waals surface area contributed by atoms with Gasteiger partial charge in [0.15, 0.2) is 18.1 Å². The molecular formula is C16H14ClN3O5. The second kappa shape index (κ2) is 8.65. The number of carbonyl (C=O) groups is 2. The third-order valence-corrected chi connectivity index (χ3v) is 3.19. The van der Waals surface area contributed by atoms with E-state index in [1.165, 1.54) is 31.8 Å². The number of hydrogen-bond acceptors (Lipinski definition) is 6. The van der Waals surface area contributed by atoms with E-state index in [1.807, 2.05) is 0 Å². The maximum atomic E-state index is 11.8. The molecule has 1 aromatic heterocycles. The number of methoxy groups -OCH3 is 1. The van der Waals surface area contributed by atoms with Crippen molar-refractivity contribution < 1.29 is 24.2 Å². The van der Waals surface area contributed by atoms with Gasteiger partial charge in [0.05, 0.1) is 18.3 Å². The van der Waals surface area contributed by atoms with Gasteiger partial charge in [-0.05, 0) is 29.8 Å². The molecule has 1 amide bonds. The lowest BCUT2D eigenvalue weighted by atomic mass is 10.2. The molecule has 1 heterocycles. The molecule has 0 aliphatic rings. The number of carbonyl (C=O) groups excluding carboxylic acids is 1. The first-order valence-corrected chi connectivity index (χ1v) is 7.34. The maximum Gasteiger partial charge on any atom is 0.341 e. The van der Waals surface area contributed by atoms with E-state index in [4.69, 9.17) is 26.2 Å². The summed E-state index contributed by atoms with van der Waals surface area (Å²) in [6.45, 7) is -0.550. The Labute approximate surface area is 148 Å². The Morgan fingerprint density at radius 1 is 1.36 bits per heavy atom. The smallest absolute Gasteiger partial charge is 0.341 e. The number of rotatable bonds is 7. The first-order chi connectivity index (χ1) is 12.0. The van der Waals surface area contributed by atoms with Crippen molar-refractivity contribution in [3.8, 4) is 11.5 Å². The van der Waals surface area contributed by atoms with E-state index in [0.717, 1.165) is 0 Å². The molecule has 2 rings (SSSR count). The first kappa shape index (κ1) is 18.2. The summed E-state index contributed by atoms with van der Waals surface area (Å²) in [4.78, 5) is 26.3. The Morgan fingerprint density at radius 3 is 2.72 bits per heavy atom. The quantitative estimate of drug-likeness (QED) is 0.575. The van der Waals surface area contributed by atoms with Crippen molar-refractivity contribution in [2.45, 2.75) is 0 Å². The molecule has 130 valence electrons. The maximum absolute atomic E-state index is 11.8. The van der Waals surface area contributed by atoms with Crippen molar-refractivity contribution in [2.75, 3.05) is 13.7 Å². The molecule has 8 nitrogen and oxygen atoms in total. The van der Waals surface area contributed by atoms with Gasteiger partial charge in [-0.2, -0.15) is 5.10 Å². The fourth-order valence-electron chi connectivity index (χ4n) is 1.82. The van der Waals surface area contributed by atoms with Gasteiger partial charge >= 0.3 is 5.97 Å². The SMILES string of the molecule is COc1cc(/C=N/NC(=O)c2ccncc2)cc(Cl)c1OCC(=O)O. The molecule has 0 saturated carbocycles. The van der Waals surface area contributed by atoms with Crippen LogP contribution in [0, 0.1) is 0 Å². The van der Waals surface area contributed by atoms with Crippen LogP contribution in [0.5, 0.6) is 11.5 Å². The number of carboxylic acids is 1. The summed E-state index contributed by atoms with van der Waals surface area (Å²) >= 11 is 6.08. The summed E-state index contributed by atoms with van der Waals surface area (Å²) in [5.41, 5.74) is 3.31. The fourth-order valence-corrected chi connectivity index (χ4v) is 2.10. The second-order valence-corrected chi connectivity index (χ2v) is 5.06. The summed E-state index contributed by atoms with van der Waals surface area (Å²) in [6.07, 6.45) is 4.37. The second-order valence-electron chi connectivity index (χ2n) is 4.65. The molecule has 0 aliphatic carbocycles. The van der Waals surface area contributed by atoms with Gasteiger partial charge in [-0.25, -0.2) is 10.2 Å². The van der Waals surface area contributed by atoms with Crippen LogP contribution in [-0.2, 0) is 4.79 Å². The number of nitrogens with one attached hydrogen (secondary N) is 1. The molecule has 0 atom stereocenters. The van der Waals surface area contributed by atoms with E-state index in [2.05, 4.69) is 15.5 Å². The summed E-state index contributed by atoms with van der Waals surface area (Å²) in [7, 11) is 1.39. The lowest BCUT2D eigenvalue weighted by Crippen LogP contribution is -2.17. The van der Waals surface area contributed by atoms with Gasteiger partial charge in [-0.3, -0.25) is 9.78 Å². The van der Waals surface area contributed by atoms with Gasteiger partial charge < -0.3 is 14.6 Å². The lowest BCUT2D eigenvalue weighted by Gasteiger charge is -2.11. The van der Waals surface area contributed by atoms with Crippen LogP contribution < -0.4 is 14.9 Å². The van der Waals surface area contributed by atoms with E-state index < -0.39 is 18.5 Å². The van der Waals surface area contributed by atoms with Crippen molar-refractivity contribution in [1.29, 1.82) is 0 Å². The van der Waals surface area contributed by atoms with E-state index in [0.29, 0.717) is 11.1 Å². The van der Waals surface area contributed by atoms with E-state index in [9.17, 15) is 9.59 Å². The number of hydrogen-bond donors (Lipinski definition) is 2. The number of hydrazone groups is 1. The van der Waals surface area contributed by atoms with E-state index in [-0.39, 0.29) is 16.5 Å². The molecule has 0 unspecified atom stereocenters. The van der Waals surface area contributed by atoms with Crippen LogP contribution >= 0.6 is 11.6 Å². The van der Waals surface area contributed by atoms with Crippen LogP contribution in [-0.4, -0.2) is 41.9 Å². The highest BCUT2D eigenvalue weighted by Crippen LogP contribution is 2.36. The van der Waals surface area contributed by atoms with Crippen LogP contribution in [0.3, 0.4) is 0 Å². The van der Waals surface area contributed by atoms with Gasteiger partial charge in [-0.15, -0.1) is 0 Å². The summed E-state index contributed by atoms with van der Waals surface area (Å²) < 4.78 is 10.2. The van der Waals surface area contributed by atoms with Gasteiger partial charge in [0, 0.05) is 18.0 Å². The number of aromatic nitrogens is 1. The van der Waals surface area contributed by atoms with Crippen LogP contribution in [0.1, 0.15) is 15.9 Å². The zero-order valence-electron chi connectivity index (χ0n) is 13.1. The first-order valence-electron chi connectivity index (χ1n) is 6.97. The van der Waals surface area contributed by atoms with Gasteiger partial charge in [0.1, 0.15) is 0 Å².